The molecule has 1 fully saturated rings. The van der Waals surface area contributed by atoms with Gasteiger partial charge in [0.2, 0.25) is 6.41 Å². The van der Waals surface area contributed by atoms with E-state index in [9.17, 15) is 9.59 Å². The number of hydrogen-bond donors (Lipinski definition) is 1. The lowest BCUT2D eigenvalue weighted by molar-refractivity contribution is -0.119. The van der Waals surface area contributed by atoms with Crippen molar-refractivity contribution in [2.75, 3.05) is 45.7 Å². The Kier molecular flexibility index (Phi) is 5.93. The number of anilines is 2. The topological polar surface area (TPSA) is 96.9 Å². The average Bonchev–Trinajstić information content (AvgIpc) is 2.72. The summed E-state index contributed by atoms with van der Waals surface area (Å²) in [7, 11) is 3.14. The van der Waals surface area contributed by atoms with Crippen molar-refractivity contribution < 1.29 is 19.1 Å². The highest BCUT2D eigenvalue weighted by Gasteiger charge is 2.23. The van der Waals surface area contributed by atoms with Gasteiger partial charge in [-0.1, -0.05) is 0 Å². The fourth-order valence-electron chi connectivity index (χ4n) is 3.00. The first-order chi connectivity index (χ1) is 13.5. The number of aryl methyl sites for hydroxylation is 1. The van der Waals surface area contributed by atoms with E-state index in [1.807, 2.05) is 6.07 Å². The monoisotopic (exact) mass is 385 g/mol. The van der Waals surface area contributed by atoms with Gasteiger partial charge in [-0.25, -0.2) is 9.97 Å². The van der Waals surface area contributed by atoms with Crippen molar-refractivity contribution in [2.45, 2.75) is 6.92 Å². The second-order valence-corrected chi connectivity index (χ2v) is 6.31. The molecule has 0 spiro atoms. The van der Waals surface area contributed by atoms with E-state index < -0.39 is 0 Å². The molecule has 0 radical (unpaired) electrons. The number of carbonyl (C=O) groups excluding carboxylic acids is 2. The number of nitrogens with one attached hydrogen (secondary N) is 1. The van der Waals surface area contributed by atoms with Crippen LogP contribution in [0.5, 0.6) is 11.5 Å². The van der Waals surface area contributed by atoms with Crippen molar-refractivity contribution in [2.24, 2.45) is 0 Å². The lowest BCUT2D eigenvalue weighted by atomic mass is 10.2. The maximum absolute atomic E-state index is 12.8. The highest BCUT2D eigenvalue weighted by atomic mass is 16.5. The molecule has 2 amide bonds. The number of hydrogen-bond acceptors (Lipinski definition) is 7. The summed E-state index contributed by atoms with van der Waals surface area (Å²) in [5.41, 5.74) is 1.06. The molecule has 0 unspecified atom stereocenters. The first-order valence-electron chi connectivity index (χ1n) is 8.87. The van der Waals surface area contributed by atoms with E-state index in [4.69, 9.17) is 9.47 Å². The van der Waals surface area contributed by atoms with Crippen LogP contribution in [-0.2, 0) is 4.79 Å². The summed E-state index contributed by atoms with van der Waals surface area (Å²) >= 11 is 0. The summed E-state index contributed by atoms with van der Waals surface area (Å²) in [6, 6.07) is 7.03. The van der Waals surface area contributed by atoms with Crippen LogP contribution in [0.2, 0.25) is 0 Å². The molecular weight excluding hydrogens is 362 g/mol. The van der Waals surface area contributed by atoms with E-state index in [1.165, 1.54) is 0 Å². The van der Waals surface area contributed by atoms with Crippen LogP contribution in [0.1, 0.15) is 16.3 Å². The number of amides is 2. The van der Waals surface area contributed by atoms with Crippen LogP contribution < -0.4 is 14.8 Å². The highest BCUT2D eigenvalue weighted by Crippen LogP contribution is 2.30. The molecule has 148 valence electrons. The second kappa shape index (κ2) is 8.55. The Morgan fingerprint density at radius 1 is 1.07 bits per heavy atom. The molecule has 9 heteroatoms. The fourth-order valence-corrected chi connectivity index (χ4v) is 3.00. The number of methoxy groups -OCH3 is 2. The second-order valence-electron chi connectivity index (χ2n) is 6.31. The summed E-state index contributed by atoms with van der Waals surface area (Å²) in [6.07, 6.45) is 0.807. The summed E-state index contributed by atoms with van der Waals surface area (Å²) in [6.45, 7) is 3.76. The molecule has 28 heavy (non-hydrogen) atoms. The van der Waals surface area contributed by atoms with Gasteiger partial charge in [0, 0.05) is 44.0 Å². The third kappa shape index (κ3) is 4.30. The van der Waals surface area contributed by atoms with Gasteiger partial charge >= 0.3 is 0 Å². The molecule has 9 nitrogen and oxygen atoms in total. The van der Waals surface area contributed by atoms with Crippen molar-refractivity contribution >= 4 is 23.8 Å². The molecule has 2 aromatic rings. The van der Waals surface area contributed by atoms with Gasteiger partial charge in [-0.15, -0.1) is 0 Å². The summed E-state index contributed by atoms with van der Waals surface area (Å²) in [4.78, 5) is 35.6. The number of benzene rings is 1. The molecule has 2 heterocycles. The number of carbonyl (C=O) groups is 2. The molecule has 1 aromatic heterocycles. The van der Waals surface area contributed by atoms with Crippen LogP contribution in [0.25, 0.3) is 0 Å². The van der Waals surface area contributed by atoms with E-state index in [0.29, 0.717) is 55.0 Å². The molecule has 0 saturated carbocycles. The Morgan fingerprint density at radius 3 is 2.43 bits per heavy atom. The number of ether oxygens (including phenoxy) is 2. The zero-order valence-electron chi connectivity index (χ0n) is 16.1. The van der Waals surface area contributed by atoms with Crippen LogP contribution in [-0.4, -0.2) is 72.5 Å². The molecule has 1 saturated heterocycles. The van der Waals surface area contributed by atoms with Gasteiger partial charge in [0.1, 0.15) is 17.3 Å². The summed E-state index contributed by atoms with van der Waals surface area (Å²) in [5.74, 6) is 2.03. The lowest BCUT2D eigenvalue weighted by Crippen LogP contribution is -2.48. The van der Waals surface area contributed by atoms with E-state index in [-0.39, 0.29) is 5.91 Å². The minimum atomic E-state index is -0.175. The first kappa shape index (κ1) is 19.4. The molecule has 3 rings (SSSR count). The van der Waals surface area contributed by atoms with Gasteiger partial charge in [0.25, 0.3) is 5.91 Å². The third-order valence-corrected chi connectivity index (χ3v) is 4.46. The van der Waals surface area contributed by atoms with Gasteiger partial charge in [0.05, 0.1) is 14.2 Å². The quantitative estimate of drug-likeness (QED) is 0.752. The van der Waals surface area contributed by atoms with Gasteiger partial charge in [0.15, 0.2) is 11.5 Å². The number of aromatic nitrogens is 2. The van der Waals surface area contributed by atoms with Crippen LogP contribution in [0.4, 0.5) is 11.5 Å². The molecule has 1 aromatic carbocycles. The maximum Gasteiger partial charge on any atom is 0.272 e. The van der Waals surface area contributed by atoms with Crippen molar-refractivity contribution in [1.82, 2.24) is 19.8 Å². The molecular formula is C19H23N5O4. The number of piperazine rings is 1. The van der Waals surface area contributed by atoms with E-state index in [1.54, 1.807) is 49.1 Å². The van der Waals surface area contributed by atoms with Gasteiger partial charge in [-0.2, -0.15) is 0 Å². The van der Waals surface area contributed by atoms with Crippen LogP contribution in [0.15, 0.2) is 24.3 Å². The SMILES string of the molecule is COc1ccc(Nc2cc(C(=O)N3CCN(C=O)CC3)nc(C)n2)cc1OC. The minimum Gasteiger partial charge on any atom is -0.493 e. The first-order valence-corrected chi connectivity index (χ1v) is 8.87. The molecule has 1 aliphatic rings. The minimum absolute atomic E-state index is 0.175. The van der Waals surface area contributed by atoms with Crippen LogP contribution in [0, 0.1) is 6.92 Å². The highest BCUT2D eigenvalue weighted by molar-refractivity contribution is 5.93. The van der Waals surface area contributed by atoms with Gasteiger partial charge in [-0.05, 0) is 19.1 Å². The standard InChI is InChI=1S/C19H23N5O4/c1-13-20-15(19(26)24-8-6-23(12-25)7-9-24)11-18(21-13)22-14-4-5-16(27-2)17(10-14)28-3/h4-5,10-12H,6-9H2,1-3H3,(H,20,21,22). The van der Waals surface area contributed by atoms with Crippen LogP contribution >= 0.6 is 0 Å². The Balaban J connectivity index is 1.78. The number of nitrogens with zero attached hydrogens (tertiary/aromatic N) is 4. The van der Waals surface area contributed by atoms with Crippen molar-refractivity contribution in [3.05, 3.63) is 35.8 Å². The predicted octanol–water partition coefficient (Wildman–Crippen LogP) is 1.46. The van der Waals surface area contributed by atoms with E-state index in [0.717, 1.165) is 12.1 Å². The predicted molar refractivity (Wildman–Crippen MR) is 103 cm³/mol. The Hall–Kier alpha value is -3.36. The van der Waals surface area contributed by atoms with E-state index in [2.05, 4.69) is 15.3 Å². The third-order valence-electron chi connectivity index (χ3n) is 4.46. The summed E-state index contributed by atoms with van der Waals surface area (Å²) in [5, 5.41) is 3.17. The molecule has 0 bridgehead atoms. The number of rotatable bonds is 6. The molecule has 1 N–H and O–H groups in total. The molecule has 0 aliphatic carbocycles. The molecule has 0 atom stereocenters. The van der Waals surface area contributed by atoms with Crippen LogP contribution in [0.3, 0.4) is 0 Å². The van der Waals surface area contributed by atoms with E-state index >= 15 is 0 Å². The van der Waals surface area contributed by atoms with Gasteiger partial charge in [-0.3, -0.25) is 9.59 Å². The largest absolute Gasteiger partial charge is 0.493 e. The lowest BCUT2D eigenvalue weighted by Gasteiger charge is -2.32. The van der Waals surface area contributed by atoms with Crippen molar-refractivity contribution in [1.29, 1.82) is 0 Å². The molecule has 1 aliphatic heterocycles. The van der Waals surface area contributed by atoms with Gasteiger partial charge < -0.3 is 24.6 Å². The summed E-state index contributed by atoms with van der Waals surface area (Å²) < 4.78 is 10.6. The Labute approximate surface area is 163 Å². The fraction of sp³-hybridized carbons (Fsp3) is 0.368. The smallest absolute Gasteiger partial charge is 0.272 e. The zero-order valence-corrected chi connectivity index (χ0v) is 16.1. The van der Waals surface area contributed by atoms with Crippen molar-refractivity contribution in [3.63, 3.8) is 0 Å². The maximum atomic E-state index is 12.8. The Bertz CT molecular complexity index is 865. The zero-order chi connectivity index (χ0) is 20.1. The Morgan fingerprint density at radius 2 is 1.79 bits per heavy atom. The van der Waals surface area contributed by atoms with Crippen molar-refractivity contribution in [3.8, 4) is 11.5 Å². The normalized spacial score (nSPS) is 13.8. The average molecular weight is 385 g/mol.